The van der Waals surface area contributed by atoms with Crippen LogP contribution in [0.25, 0.3) is 43.6 Å². The van der Waals surface area contributed by atoms with E-state index < -0.39 is 0 Å². The molecule has 0 spiro atoms. The zero-order valence-corrected chi connectivity index (χ0v) is 24.2. The van der Waals surface area contributed by atoms with Crippen molar-refractivity contribution in [3.05, 3.63) is 155 Å². The van der Waals surface area contributed by atoms with E-state index in [2.05, 4.69) is 140 Å². The molecule has 8 rings (SSSR count). The number of nitrogens with zero attached hydrogens (tertiary/aromatic N) is 4. The van der Waals surface area contributed by atoms with Gasteiger partial charge in [0.25, 0.3) is 0 Å². The molecule has 0 saturated heterocycles. The van der Waals surface area contributed by atoms with Crippen molar-refractivity contribution in [3.63, 3.8) is 0 Å². The Morgan fingerprint density at radius 1 is 0.452 bits per heavy atom. The Kier molecular flexibility index (Phi) is 5.99. The van der Waals surface area contributed by atoms with Crippen molar-refractivity contribution >= 4 is 66.8 Å². The highest BCUT2D eigenvalue weighted by Gasteiger charge is 2.22. The van der Waals surface area contributed by atoms with Crippen molar-refractivity contribution in [1.82, 2.24) is 9.35 Å². The summed E-state index contributed by atoms with van der Waals surface area (Å²) >= 11 is 13.1. The van der Waals surface area contributed by atoms with E-state index in [1.165, 1.54) is 11.1 Å². The molecular weight excluding hydrogens is 559 g/mol. The zero-order valence-electron chi connectivity index (χ0n) is 22.7. The molecule has 42 heavy (non-hydrogen) atoms. The molecule has 202 valence electrons. The van der Waals surface area contributed by atoms with Gasteiger partial charge in [-0.3, -0.25) is 0 Å². The number of pyridine rings is 2. The normalized spacial score (nSPS) is 11.8. The second-order valence-corrected chi connectivity index (χ2v) is 11.6. The second kappa shape index (κ2) is 10.0. The molecule has 4 aromatic heterocycles. The van der Waals surface area contributed by atoms with Crippen molar-refractivity contribution in [1.29, 1.82) is 0 Å². The third kappa shape index (κ3) is 4.23. The lowest BCUT2D eigenvalue weighted by molar-refractivity contribution is -0.687. The molecule has 0 aliphatic rings. The summed E-state index contributed by atoms with van der Waals surface area (Å²) in [5, 5.41) is 5.96. The molecule has 0 unspecified atom stereocenters. The molecule has 0 N–H and O–H groups in total. The first-order chi connectivity index (χ1) is 20.6. The van der Waals surface area contributed by atoms with Crippen LogP contribution in [0.4, 0.5) is 0 Å². The van der Waals surface area contributed by atoms with E-state index >= 15 is 0 Å². The highest BCUT2D eigenvalue weighted by molar-refractivity contribution is 6.32. The largest absolute Gasteiger partial charge is 0.241 e. The quantitative estimate of drug-likeness (QED) is 0.181. The number of rotatable bonds is 5. The van der Waals surface area contributed by atoms with Gasteiger partial charge in [0.2, 0.25) is 0 Å². The van der Waals surface area contributed by atoms with Crippen molar-refractivity contribution in [2.75, 3.05) is 0 Å². The van der Waals surface area contributed by atoms with Crippen LogP contribution in [-0.2, 0) is 13.1 Å². The minimum atomic E-state index is 0.720. The number of benzene rings is 4. The summed E-state index contributed by atoms with van der Waals surface area (Å²) < 4.78 is 9.14. The first kappa shape index (κ1) is 25.1. The molecule has 0 radical (unpaired) electrons. The molecule has 0 atom stereocenters. The number of aromatic nitrogens is 4. The highest BCUT2D eigenvalue weighted by Crippen LogP contribution is 2.36. The molecule has 4 aromatic carbocycles. The van der Waals surface area contributed by atoms with Gasteiger partial charge in [0, 0.05) is 54.8 Å². The number of halogens is 2. The molecule has 0 amide bonds. The third-order valence-electron chi connectivity index (χ3n) is 8.02. The molecule has 0 saturated carbocycles. The summed E-state index contributed by atoms with van der Waals surface area (Å²) in [5.74, 6) is 0. The molecule has 0 bridgehead atoms. The van der Waals surface area contributed by atoms with E-state index in [9.17, 15) is 0 Å². The van der Waals surface area contributed by atoms with Gasteiger partial charge >= 0.3 is 0 Å². The Labute approximate surface area is 252 Å². The Bertz CT molecular complexity index is 2100. The van der Waals surface area contributed by atoms with Gasteiger partial charge in [-0.1, -0.05) is 83.9 Å². The second-order valence-electron chi connectivity index (χ2n) is 10.7. The molecular formula is C36H26Cl2N4+2. The first-order valence-corrected chi connectivity index (χ1v) is 14.7. The number of fused-ring (bicyclic) bond motifs is 6. The van der Waals surface area contributed by atoms with E-state index in [1.807, 2.05) is 12.1 Å². The van der Waals surface area contributed by atoms with Gasteiger partial charge in [-0.25, -0.2) is 9.35 Å². The van der Waals surface area contributed by atoms with E-state index in [4.69, 9.17) is 23.2 Å². The Hall–Kier alpha value is -4.64. The minimum absolute atomic E-state index is 0.720. The average molecular weight is 586 g/mol. The molecule has 4 heterocycles. The van der Waals surface area contributed by atoms with Gasteiger partial charge in [-0.15, -0.1) is 0 Å². The molecule has 8 aromatic rings. The Morgan fingerprint density at radius 3 is 1.31 bits per heavy atom. The van der Waals surface area contributed by atoms with Crippen LogP contribution in [0.5, 0.6) is 0 Å². The summed E-state index contributed by atoms with van der Waals surface area (Å²) in [6.45, 7) is 1.55. The van der Waals surface area contributed by atoms with Crippen LogP contribution in [0, 0.1) is 0 Å². The van der Waals surface area contributed by atoms with E-state index in [0.717, 1.165) is 66.7 Å². The number of hydrogen-bond donors (Lipinski definition) is 0. The average Bonchev–Trinajstić information content (AvgIpc) is 3.48. The first-order valence-electron chi connectivity index (χ1n) is 14.0. The summed E-state index contributed by atoms with van der Waals surface area (Å²) in [6, 6.07) is 37.8. The van der Waals surface area contributed by atoms with E-state index in [0.29, 0.717) is 0 Å². The smallest absolute Gasteiger partial charge is 0.195 e. The fourth-order valence-electron chi connectivity index (χ4n) is 6.14. The lowest BCUT2D eigenvalue weighted by atomic mass is 10.2. The topological polar surface area (TPSA) is 17.6 Å². The zero-order chi connectivity index (χ0) is 28.2. The van der Waals surface area contributed by atoms with Crippen molar-refractivity contribution < 1.29 is 9.13 Å². The van der Waals surface area contributed by atoms with E-state index in [-0.39, 0.29) is 0 Å². The lowest BCUT2D eigenvalue weighted by Crippen LogP contribution is -2.34. The monoisotopic (exact) mass is 584 g/mol. The minimum Gasteiger partial charge on any atom is -0.241 e. The maximum atomic E-state index is 6.56. The van der Waals surface area contributed by atoms with Crippen LogP contribution in [0.2, 0.25) is 10.0 Å². The van der Waals surface area contributed by atoms with Gasteiger partial charge in [-0.2, -0.15) is 9.13 Å². The van der Waals surface area contributed by atoms with Gasteiger partial charge < -0.3 is 0 Å². The van der Waals surface area contributed by atoms with Crippen LogP contribution in [-0.4, -0.2) is 9.35 Å². The lowest BCUT2D eigenvalue weighted by Gasteiger charge is -2.12. The van der Waals surface area contributed by atoms with Crippen LogP contribution >= 0.6 is 23.2 Å². The SMILES string of the molecule is Clc1ccc2c(c1)c1cc[n+](Cc3ccccc3)cc1n2-n1c2ccc(Cl)cc2c2cc[n+](Cc3ccccc3)cc21. The maximum absolute atomic E-state index is 6.56. The van der Waals surface area contributed by atoms with Gasteiger partial charge in [0.05, 0.1) is 11.0 Å². The summed E-state index contributed by atoms with van der Waals surface area (Å²) in [4.78, 5) is 0. The number of hydrogen-bond acceptors (Lipinski definition) is 0. The van der Waals surface area contributed by atoms with Crippen molar-refractivity contribution in [2.45, 2.75) is 13.1 Å². The molecule has 0 aliphatic carbocycles. The Balaban J connectivity index is 1.43. The predicted octanol–water partition coefficient (Wildman–Crippen LogP) is 8.19. The standard InChI is InChI=1S/C36H26Cl2N4/c37-27-11-13-33-31(19-27)29-15-17-39(21-25-7-3-1-4-8-25)23-35(29)41(33)42-34-14-12-28(38)20-32(34)30-16-18-40(24-36(30)42)22-26-9-5-2-6-10-26/h1-20,23-24H,21-22H2/q+2. The fourth-order valence-corrected chi connectivity index (χ4v) is 6.48. The van der Waals surface area contributed by atoms with Crippen LogP contribution < -0.4 is 9.13 Å². The van der Waals surface area contributed by atoms with Crippen LogP contribution in [0.15, 0.2) is 134 Å². The van der Waals surface area contributed by atoms with Crippen LogP contribution in [0.3, 0.4) is 0 Å². The Morgan fingerprint density at radius 2 is 0.881 bits per heavy atom. The predicted molar refractivity (Wildman–Crippen MR) is 171 cm³/mol. The molecule has 0 fully saturated rings. The van der Waals surface area contributed by atoms with E-state index in [1.54, 1.807) is 0 Å². The highest BCUT2D eigenvalue weighted by atomic mass is 35.5. The van der Waals surface area contributed by atoms with Crippen molar-refractivity contribution in [3.8, 4) is 0 Å². The summed E-state index contributed by atoms with van der Waals surface area (Å²) in [6.07, 6.45) is 8.79. The van der Waals surface area contributed by atoms with Gasteiger partial charge in [0.1, 0.15) is 11.0 Å². The van der Waals surface area contributed by atoms with Crippen LogP contribution in [0.1, 0.15) is 11.1 Å². The maximum Gasteiger partial charge on any atom is 0.195 e. The van der Waals surface area contributed by atoms with Crippen molar-refractivity contribution in [2.24, 2.45) is 0 Å². The summed E-state index contributed by atoms with van der Waals surface area (Å²) in [5.41, 5.74) is 6.86. The fraction of sp³-hybridized carbons (Fsp3) is 0.0556. The third-order valence-corrected chi connectivity index (χ3v) is 8.49. The molecule has 4 nitrogen and oxygen atoms in total. The van der Waals surface area contributed by atoms with Gasteiger partial charge in [-0.05, 0) is 36.4 Å². The summed E-state index contributed by atoms with van der Waals surface area (Å²) in [7, 11) is 0. The molecule has 0 aliphatic heterocycles. The van der Waals surface area contributed by atoms with Gasteiger partial charge in [0.15, 0.2) is 37.9 Å². The molecule has 6 heteroatoms.